The van der Waals surface area contributed by atoms with Gasteiger partial charge in [0.1, 0.15) is 17.6 Å². The zero-order valence-electron chi connectivity index (χ0n) is 19.7. The van der Waals surface area contributed by atoms with E-state index in [0.29, 0.717) is 45.1 Å². The van der Waals surface area contributed by atoms with Crippen LogP contribution in [0.15, 0.2) is 95.3 Å². The summed E-state index contributed by atoms with van der Waals surface area (Å²) < 4.78 is 21.2. The second-order valence-electron chi connectivity index (χ2n) is 8.21. The van der Waals surface area contributed by atoms with Gasteiger partial charge in [0, 0.05) is 17.1 Å². The fourth-order valence-corrected chi connectivity index (χ4v) is 4.90. The predicted octanol–water partition coefficient (Wildman–Crippen LogP) is 5.65. The summed E-state index contributed by atoms with van der Waals surface area (Å²) in [5.74, 6) is 1.04. The molecule has 182 valence electrons. The number of benzene rings is 3. The van der Waals surface area contributed by atoms with Crippen molar-refractivity contribution in [2.75, 3.05) is 17.7 Å². The third-order valence-electron chi connectivity index (χ3n) is 5.83. The number of amides is 1. The fraction of sp³-hybridized carbons (Fsp3) is 0.148. The van der Waals surface area contributed by atoms with Crippen LogP contribution in [-0.2, 0) is 10.5 Å². The summed E-state index contributed by atoms with van der Waals surface area (Å²) in [6.45, 7) is 1.84. The van der Waals surface area contributed by atoms with Gasteiger partial charge in [0.2, 0.25) is 11.1 Å². The highest BCUT2D eigenvalue weighted by Crippen LogP contribution is 2.38. The first-order valence-electron chi connectivity index (χ1n) is 11.3. The Kier molecular flexibility index (Phi) is 6.73. The van der Waals surface area contributed by atoms with Crippen molar-refractivity contribution in [1.82, 2.24) is 14.8 Å². The molecular weight excluding hydrogens is 477 g/mol. The first-order chi connectivity index (χ1) is 17.5. The van der Waals surface area contributed by atoms with Gasteiger partial charge in [-0.25, -0.2) is 9.07 Å². The minimum absolute atomic E-state index is 0.249. The highest BCUT2D eigenvalue weighted by Gasteiger charge is 2.34. The van der Waals surface area contributed by atoms with Crippen LogP contribution in [0, 0.1) is 5.82 Å². The Bertz CT molecular complexity index is 1440. The van der Waals surface area contributed by atoms with E-state index < -0.39 is 6.04 Å². The molecule has 1 amide bonds. The molecule has 0 fully saturated rings. The maximum Gasteiger partial charge on any atom is 0.255 e. The highest BCUT2D eigenvalue weighted by atomic mass is 32.2. The predicted molar refractivity (Wildman–Crippen MR) is 139 cm³/mol. The Balaban J connectivity index is 1.51. The van der Waals surface area contributed by atoms with Crippen molar-refractivity contribution in [3.63, 3.8) is 0 Å². The number of methoxy groups -OCH3 is 1. The monoisotopic (exact) mass is 501 g/mol. The van der Waals surface area contributed by atoms with Gasteiger partial charge >= 0.3 is 0 Å². The number of aromatic nitrogens is 3. The van der Waals surface area contributed by atoms with Crippen LogP contribution in [0.2, 0.25) is 0 Å². The molecule has 9 heteroatoms. The third kappa shape index (κ3) is 4.83. The second kappa shape index (κ2) is 10.2. The number of thioether (sulfide) groups is 1. The van der Waals surface area contributed by atoms with E-state index in [0.717, 1.165) is 5.56 Å². The maximum atomic E-state index is 14.1. The van der Waals surface area contributed by atoms with Crippen LogP contribution < -0.4 is 15.4 Å². The average molecular weight is 502 g/mol. The number of fused-ring (bicyclic) bond motifs is 1. The summed E-state index contributed by atoms with van der Waals surface area (Å²) in [6, 6.07) is 22.9. The number of rotatable bonds is 7. The third-order valence-corrected chi connectivity index (χ3v) is 6.72. The molecule has 1 aromatic heterocycles. The van der Waals surface area contributed by atoms with Crippen LogP contribution in [0.25, 0.3) is 0 Å². The molecule has 2 N–H and O–H groups in total. The molecule has 0 saturated carbocycles. The van der Waals surface area contributed by atoms with Gasteiger partial charge in [0.15, 0.2) is 0 Å². The normalized spacial score (nSPS) is 14.7. The fourth-order valence-electron chi connectivity index (χ4n) is 4.08. The lowest BCUT2D eigenvalue weighted by atomic mass is 9.95. The number of nitrogens with zero attached hydrogens (tertiary/aromatic N) is 3. The van der Waals surface area contributed by atoms with Crippen LogP contribution in [0.5, 0.6) is 5.75 Å². The molecule has 1 aliphatic heterocycles. The first kappa shape index (κ1) is 23.6. The summed E-state index contributed by atoms with van der Waals surface area (Å²) in [7, 11) is 1.60. The smallest absolute Gasteiger partial charge is 0.255 e. The largest absolute Gasteiger partial charge is 0.497 e. The minimum Gasteiger partial charge on any atom is -0.497 e. The molecule has 36 heavy (non-hydrogen) atoms. The Hall–Kier alpha value is -4.11. The molecule has 5 rings (SSSR count). The van der Waals surface area contributed by atoms with Gasteiger partial charge in [-0.05, 0) is 48.4 Å². The van der Waals surface area contributed by atoms with Crippen LogP contribution in [0.4, 0.5) is 16.0 Å². The molecule has 0 bridgehead atoms. The lowest BCUT2D eigenvalue weighted by Crippen LogP contribution is -2.31. The Morgan fingerprint density at radius 2 is 1.89 bits per heavy atom. The van der Waals surface area contributed by atoms with Gasteiger partial charge in [-0.1, -0.05) is 60.3 Å². The lowest BCUT2D eigenvalue weighted by molar-refractivity contribution is -0.113. The minimum atomic E-state index is -0.546. The van der Waals surface area contributed by atoms with E-state index in [1.54, 1.807) is 30.0 Å². The van der Waals surface area contributed by atoms with Gasteiger partial charge in [0.25, 0.3) is 5.91 Å². The highest BCUT2D eigenvalue weighted by molar-refractivity contribution is 7.98. The Labute approximate surface area is 212 Å². The van der Waals surface area contributed by atoms with Crippen LogP contribution in [0.1, 0.15) is 24.1 Å². The van der Waals surface area contributed by atoms with Crippen molar-refractivity contribution >= 4 is 29.3 Å². The van der Waals surface area contributed by atoms with E-state index in [1.807, 2.05) is 61.5 Å². The molecular formula is C27H24FN5O2S. The number of carbonyl (C=O) groups is 1. The molecule has 0 aliphatic carbocycles. The van der Waals surface area contributed by atoms with E-state index in [1.165, 1.54) is 17.8 Å². The Morgan fingerprint density at radius 3 is 2.67 bits per heavy atom. The van der Waals surface area contributed by atoms with E-state index in [4.69, 9.17) is 9.84 Å². The zero-order valence-corrected chi connectivity index (χ0v) is 20.6. The standard InChI is InChI=1S/C27H24FN5O2S/c1-17-23(25(34)30-20-11-4-3-5-12-20)24(18-10-8-13-21(15-18)35-2)33-26(29-17)31-27(32-33)36-16-19-9-6-7-14-22(19)28/h3-15,24H,16H2,1-2H3,(H,30,34)(H,29,31,32). The van der Waals surface area contributed by atoms with Crippen molar-refractivity contribution in [3.8, 4) is 5.75 Å². The summed E-state index contributed by atoms with van der Waals surface area (Å²) in [6.07, 6.45) is 0. The molecule has 1 unspecified atom stereocenters. The number of ether oxygens (including phenoxy) is 1. The molecule has 0 saturated heterocycles. The summed E-state index contributed by atoms with van der Waals surface area (Å²) in [5.41, 5.74) is 3.27. The van der Waals surface area contributed by atoms with E-state index >= 15 is 0 Å². The first-order valence-corrected chi connectivity index (χ1v) is 12.3. The molecule has 2 heterocycles. The average Bonchev–Trinajstić information content (AvgIpc) is 3.30. The molecule has 0 spiro atoms. The molecule has 7 nitrogen and oxygen atoms in total. The maximum absolute atomic E-state index is 14.1. The number of hydrogen-bond acceptors (Lipinski definition) is 6. The van der Waals surface area contributed by atoms with Crippen LogP contribution in [-0.4, -0.2) is 27.8 Å². The quantitative estimate of drug-likeness (QED) is 0.319. The van der Waals surface area contributed by atoms with Crippen molar-refractivity contribution < 1.29 is 13.9 Å². The number of nitrogens with one attached hydrogen (secondary N) is 2. The molecule has 1 atom stereocenters. The van der Waals surface area contributed by atoms with Gasteiger partial charge in [-0.2, -0.15) is 4.98 Å². The van der Waals surface area contributed by atoms with Gasteiger partial charge in [-0.3, -0.25) is 4.79 Å². The zero-order chi connectivity index (χ0) is 25.1. The Morgan fingerprint density at radius 1 is 1.11 bits per heavy atom. The summed E-state index contributed by atoms with van der Waals surface area (Å²) in [5, 5.41) is 11.4. The van der Waals surface area contributed by atoms with Crippen molar-refractivity contribution in [1.29, 1.82) is 0 Å². The number of hydrogen-bond donors (Lipinski definition) is 2. The van der Waals surface area contributed by atoms with Crippen LogP contribution >= 0.6 is 11.8 Å². The number of halogens is 1. The van der Waals surface area contributed by atoms with Gasteiger partial charge in [0.05, 0.1) is 12.7 Å². The number of para-hydroxylation sites is 1. The lowest BCUT2D eigenvalue weighted by Gasteiger charge is -2.28. The second-order valence-corrected chi connectivity index (χ2v) is 9.15. The number of carbonyl (C=O) groups excluding carboxylic acids is 1. The van der Waals surface area contributed by atoms with Crippen molar-refractivity contribution in [2.45, 2.75) is 23.9 Å². The van der Waals surface area contributed by atoms with Crippen molar-refractivity contribution in [2.24, 2.45) is 0 Å². The molecule has 1 aliphatic rings. The molecule has 0 radical (unpaired) electrons. The molecule has 3 aromatic carbocycles. The van der Waals surface area contributed by atoms with E-state index in [9.17, 15) is 9.18 Å². The van der Waals surface area contributed by atoms with E-state index in [2.05, 4.69) is 15.6 Å². The number of anilines is 2. The van der Waals surface area contributed by atoms with Gasteiger partial charge in [-0.15, -0.1) is 5.10 Å². The van der Waals surface area contributed by atoms with Gasteiger partial charge < -0.3 is 15.4 Å². The summed E-state index contributed by atoms with van der Waals surface area (Å²) in [4.78, 5) is 18.2. The van der Waals surface area contributed by atoms with E-state index in [-0.39, 0.29) is 11.7 Å². The SMILES string of the molecule is COc1cccc(C2C(C(=O)Nc3ccccc3)=C(C)Nc3nc(SCc4ccccc4F)nn32)c1. The number of allylic oxidation sites excluding steroid dienone is 1. The van der Waals surface area contributed by atoms with Crippen molar-refractivity contribution in [3.05, 3.63) is 107 Å². The summed E-state index contributed by atoms with van der Waals surface area (Å²) >= 11 is 1.33. The topological polar surface area (TPSA) is 81.1 Å². The molecule has 4 aromatic rings. The van der Waals surface area contributed by atoms with Crippen LogP contribution in [0.3, 0.4) is 0 Å².